The van der Waals surface area contributed by atoms with E-state index in [1.54, 1.807) is 11.3 Å². The van der Waals surface area contributed by atoms with Crippen molar-refractivity contribution in [3.63, 3.8) is 0 Å². The second-order valence-corrected chi connectivity index (χ2v) is 23.0. The molecular formula is C69H64ClN7O6S. The minimum Gasteiger partial charge on any atom is -0.311 e. The van der Waals surface area contributed by atoms with Crippen molar-refractivity contribution in [3.05, 3.63) is 314 Å². The van der Waals surface area contributed by atoms with Gasteiger partial charge in [-0.15, -0.1) is 11.3 Å². The fraction of sp³-hybridized carbons (Fsp3) is 0.232. The van der Waals surface area contributed by atoms with E-state index >= 15 is 0 Å². The first-order chi connectivity index (χ1) is 40.9. The van der Waals surface area contributed by atoms with Gasteiger partial charge in [0.25, 0.3) is 16.7 Å². The Labute approximate surface area is 494 Å². The predicted molar refractivity (Wildman–Crippen MR) is 336 cm³/mol. The number of nitriles is 1. The first-order valence-corrected chi connectivity index (χ1v) is 29.7. The molecule has 0 saturated heterocycles. The predicted octanol–water partition coefficient (Wildman–Crippen LogP) is 12.9. The van der Waals surface area contributed by atoms with Gasteiger partial charge in [0.2, 0.25) is 0 Å². The van der Waals surface area contributed by atoms with Crippen LogP contribution < -0.4 is 33.7 Å². The number of rotatable bonds is 12. The molecule has 0 radical (unpaired) electrons. The molecule has 3 unspecified atom stereocenters. The fourth-order valence-electron chi connectivity index (χ4n) is 11.8. The number of H-pyrrole nitrogens is 6. The molecule has 84 heavy (non-hydrogen) atoms. The van der Waals surface area contributed by atoms with Crippen molar-refractivity contribution in [2.24, 2.45) is 0 Å². The van der Waals surface area contributed by atoms with Crippen molar-refractivity contribution in [2.45, 2.75) is 102 Å². The molecule has 15 heteroatoms. The Morgan fingerprint density at radius 1 is 0.476 bits per heavy atom. The van der Waals surface area contributed by atoms with Gasteiger partial charge in [-0.2, -0.15) is 5.26 Å². The second-order valence-electron chi connectivity index (χ2n) is 21.6. The lowest BCUT2D eigenvalue weighted by Gasteiger charge is -2.24. The molecule has 0 bridgehead atoms. The summed E-state index contributed by atoms with van der Waals surface area (Å²) >= 11 is 8.19. The maximum atomic E-state index is 12.6. The molecule has 3 atom stereocenters. The van der Waals surface area contributed by atoms with Crippen LogP contribution in [-0.2, 0) is 19.3 Å². The van der Waals surface area contributed by atoms with Gasteiger partial charge in [0.15, 0.2) is 0 Å². The molecule has 13 nitrogen and oxygen atoms in total. The maximum absolute atomic E-state index is 12.6. The Morgan fingerprint density at radius 2 is 0.881 bits per heavy atom. The average molecular weight is 1150 g/mol. The Hall–Kier alpha value is -9.16. The lowest BCUT2D eigenvalue weighted by atomic mass is 9.82. The van der Waals surface area contributed by atoms with Gasteiger partial charge in [-0.05, 0) is 138 Å². The Morgan fingerprint density at radius 3 is 1.26 bits per heavy atom. The van der Waals surface area contributed by atoms with Gasteiger partial charge in [-0.25, -0.2) is 14.4 Å². The molecule has 0 aliphatic heterocycles. The van der Waals surface area contributed by atoms with Crippen LogP contribution in [0.15, 0.2) is 198 Å². The quantitative estimate of drug-likeness (QED) is 0.0694. The van der Waals surface area contributed by atoms with Crippen LogP contribution in [-0.4, -0.2) is 29.9 Å². The highest BCUT2D eigenvalue weighted by Crippen LogP contribution is 2.40. The molecule has 4 aromatic heterocycles. The fourth-order valence-corrected chi connectivity index (χ4v) is 12.9. The van der Waals surface area contributed by atoms with Crippen molar-refractivity contribution in [3.8, 4) is 6.07 Å². The molecule has 3 aliphatic rings. The Kier molecular flexibility index (Phi) is 18.9. The summed E-state index contributed by atoms with van der Waals surface area (Å²) in [6.07, 6.45) is 15.6. The molecule has 6 N–H and O–H groups in total. The highest BCUT2D eigenvalue weighted by molar-refractivity contribution is 7.11. The molecule has 4 heterocycles. The molecule has 0 saturated carbocycles. The van der Waals surface area contributed by atoms with E-state index in [0.29, 0.717) is 41.5 Å². The molecule has 5 aromatic carbocycles. The molecule has 0 fully saturated rings. The van der Waals surface area contributed by atoms with E-state index in [4.69, 9.17) is 11.6 Å². The van der Waals surface area contributed by atoms with Gasteiger partial charge in [-0.3, -0.25) is 29.3 Å². The molecule has 0 amide bonds. The van der Waals surface area contributed by atoms with Crippen LogP contribution in [0.25, 0.3) is 16.7 Å². The number of hydrogen-bond acceptors (Lipinski definition) is 8. The van der Waals surface area contributed by atoms with Crippen LogP contribution in [0.5, 0.6) is 0 Å². The third kappa shape index (κ3) is 14.4. The van der Waals surface area contributed by atoms with Crippen molar-refractivity contribution in [1.29, 1.82) is 5.26 Å². The zero-order valence-electron chi connectivity index (χ0n) is 46.6. The van der Waals surface area contributed by atoms with E-state index in [1.807, 2.05) is 128 Å². The van der Waals surface area contributed by atoms with E-state index in [9.17, 15) is 34.0 Å². The van der Waals surface area contributed by atoms with E-state index in [1.165, 1.54) is 16.0 Å². The van der Waals surface area contributed by atoms with E-state index in [0.717, 1.165) is 119 Å². The number of hydrogen-bond donors (Lipinski definition) is 6. The minimum absolute atomic E-state index is 0.0710. The van der Waals surface area contributed by atoms with Gasteiger partial charge in [0.1, 0.15) is 0 Å². The molecule has 424 valence electrons. The zero-order valence-corrected chi connectivity index (χ0v) is 48.1. The van der Waals surface area contributed by atoms with Gasteiger partial charge in [0, 0.05) is 80.7 Å². The molecule has 9 aromatic rings. The van der Waals surface area contributed by atoms with E-state index < -0.39 is 17.1 Å². The number of aromatic amines is 6. The monoisotopic (exact) mass is 1150 g/mol. The topological polar surface area (TPSA) is 221 Å². The van der Waals surface area contributed by atoms with Crippen molar-refractivity contribution in [2.75, 3.05) is 0 Å². The maximum Gasteiger partial charge on any atom is 0.325 e. The van der Waals surface area contributed by atoms with Crippen molar-refractivity contribution >= 4 is 39.7 Å². The summed E-state index contributed by atoms with van der Waals surface area (Å²) in [6, 6.07) is 49.7. The smallest absolute Gasteiger partial charge is 0.311 e. The zero-order chi connectivity index (χ0) is 58.5. The van der Waals surface area contributed by atoms with Crippen LogP contribution in [0.3, 0.4) is 0 Å². The second kappa shape index (κ2) is 27.3. The largest absolute Gasteiger partial charge is 0.325 e. The van der Waals surface area contributed by atoms with Crippen LogP contribution in [0.2, 0.25) is 5.02 Å². The minimum atomic E-state index is -0.466. The number of allylic oxidation sites excluding steroid dienone is 6. The van der Waals surface area contributed by atoms with E-state index in [2.05, 4.69) is 83.8 Å². The first kappa shape index (κ1) is 58.1. The number of thiophene rings is 1. The van der Waals surface area contributed by atoms with Crippen LogP contribution in [0.1, 0.15) is 153 Å². The van der Waals surface area contributed by atoms with Crippen LogP contribution >= 0.6 is 22.9 Å². The summed E-state index contributed by atoms with van der Waals surface area (Å²) < 4.78 is 0. The molecule has 3 aliphatic carbocycles. The Bertz CT molecular complexity index is 4300. The lowest BCUT2D eigenvalue weighted by molar-refractivity contribution is 0.596. The SMILES string of the molecule is Cc1ccc(C2=CCC(c3[nH]c(=O)[nH]c(=O)c3Cc3ccccc3)CC2)c(Cl)c1.N#Cc1ccccc1C1=CCC(c2[nH]c(=O)[nH]c(=O)c2Cc2ccccc2)CC1.O=c1[nH]c(C2CC=C(c3cccs3)CC2)c(Cc2ccccc2)c(=O)[nH]1. The number of nitrogens with zero attached hydrogens (tertiary/aromatic N) is 1. The van der Waals surface area contributed by atoms with Gasteiger partial charge in [0.05, 0.1) is 11.6 Å². The van der Waals surface area contributed by atoms with Crippen LogP contribution in [0.4, 0.5) is 0 Å². The summed E-state index contributed by atoms with van der Waals surface area (Å²) in [5, 5.41) is 12.2. The highest BCUT2D eigenvalue weighted by atomic mass is 35.5. The third-order valence-electron chi connectivity index (χ3n) is 16.1. The first-order valence-electron chi connectivity index (χ1n) is 28.4. The average Bonchev–Trinajstić information content (AvgIpc) is 4.18. The summed E-state index contributed by atoms with van der Waals surface area (Å²) in [5.41, 5.74) is 12.7. The summed E-state index contributed by atoms with van der Waals surface area (Å²) in [5.74, 6) is 0.353. The number of aromatic nitrogens is 6. The summed E-state index contributed by atoms with van der Waals surface area (Å²) in [6.45, 7) is 2.03. The van der Waals surface area contributed by atoms with Gasteiger partial charge in [-0.1, -0.05) is 157 Å². The number of benzene rings is 5. The number of nitrogens with one attached hydrogen (secondary N) is 6. The molecule has 12 rings (SSSR count). The summed E-state index contributed by atoms with van der Waals surface area (Å²) in [4.78, 5) is 90.6. The molecule has 0 spiro atoms. The number of aryl methyl sites for hydroxylation is 1. The van der Waals surface area contributed by atoms with Gasteiger partial charge >= 0.3 is 17.1 Å². The summed E-state index contributed by atoms with van der Waals surface area (Å²) in [7, 11) is 0. The third-order valence-corrected chi connectivity index (χ3v) is 17.3. The normalized spacial score (nSPS) is 16.5. The lowest BCUT2D eigenvalue weighted by Crippen LogP contribution is -2.30. The van der Waals surface area contributed by atoms with Crippen molar-refractivity contribution in [1.82, 2.24) is 29.9 Å². The van der Waals surface area contributed by atoms with Crippen LogP contribution in [0, 0.1) is 18.3 Å². The number of halogens is 1. The molecular weight excluding hydrogens is 1090 g/mol. The van der Waals surface area contributed by atoms with Crippen molar-refractivity contribution < 1.29 is 0 Å². The van der Waals surface area contributed by atoms with Gasteiger partial charge < -0.3 is 15.0 Å². The van der Waals surface area contributed by atoms with E-state index in [-0.39, 0.29) is 34.4 Å². The standard InChI is InChI=1S/C24H23ClN2O2.C24H21N3O2.C21H20N2O2S/c1-15-7-12-19(21(25)13-15)17-8-10-18(11-9-17)22-20(23(28)27-24(29)26-22)14-16-5-3-2-4-6-16;25-15-19-8-4-5-9-20(19)17-10-12-18(13-11-17)22-21(23(28)27-24(29)26-22)14-16-6-2-1-3-7-16;24-20-17(13-14-5-2-1-3-6-14)19(22-21(25)23-20)16-10-8-15(9-11-16)18-7-4-12-26-18/h2-8,12-13,18H,9-11,14H2,1H3,(H2,26,27,28,29);1-10,18H,11-14H2,(H2,26,27,28,29);1-8,12,16H,9-11,13H2,(H2,22,23,24,25). The highest BCUT2D eigenvalue weighted by Gasteiger charge is 2.27. The Balaban J connectivity index is 0.000000141.